The first kappa shape index (κ1) is 15.3. The number of anilines is 1. The molecule has 2 aromatic heterocycles. The van der Waals surface area contributed by atoms with E-state index < -0.39 is 0 Å². The van der Waals surface area contributed by atoms with Crippen molar-refractivity contribution in [3.63, 3.8) is 0 Å². The zero-order valence-corrected chi connectivity index (χ0v) is 14.3. The summed E-state index contributed by atoms with van der Waals surface area (Å²) in [6.07, 6.45) is 3.80. The lowest BCUT2D eigenvalue weighted by atomic mass is 10.3. The van der Waals surface area contributed by atoms with Gasteiger partial charge in [-0.05, 0) is 37.1 Å². The monoisotopic (exact) mass is 359 g/mol. The number of rotatable bonds is 2. The standard InChI is InChI=1S/C16H14ClN5OS/c17-10-3-5-11(6-4-10)22-9-18-13-12(15(22)24)14(23)20-16(19-13)21-7-1-2-8-21/h3-6,9H,1-2,7-8H2,(H,19,20,23). The minimum absolute atomic E-state index is 0.261. The van der Waals surface area contributed by atoms with Gasteiger partial charge in [-0.1, -0.05) is 23.8 Å². The molecule has 0 aliphatic carbocycles. The fourth-order valence-corrected chi connectivity index (χ4v) is 3.35. The largest absolute Gasteiger partial charge is 0.342 e. The molecular formula is C16H14ClN5OS. The topological polar surface area (TPSA) is 66.8 Å². The van der Waals surface area contributed by atoms with E-state index in [-0.39, 0.29) is 5.56 Å². The quantitative estimate of drug-likeness (QED) is 0.712. The first-order chi connectivity index (χ1) is 11.6. The van der Waals surface area contributed by atoms with Gasteiger partial charge >= 0.3 is 0 Å². The zero-order chi connectivity index (χ0) is 16.7. The van der Waals surface area contributed by atoms with Crippen LogP contribution in [0.25, 0.3) is 16.7 Å². The van der Waals surface area contributed by atoms with Gasteiger partial charge in [-0.25, -0.2) is 4.98 Å². The molecule has 0 unspecified atom stereocenters. The van der Waals surface area contributed by atoms with Gasteiger partial charge in [0.2, 0.25) is 5.95 Å². The summed E-state index contributed by atoms with van der Waals surface area (Å²) in [5.74, 6) is 0.566. The van der Waals surface area contributed by atoms with Crippen molar-refractivity contribution in [2.45, 2.75) is 12.8 Å². The second-order valence-electron chi connectivity index (χ2n) is 5.68. The number of H-pyrrole nitrogens is 1. The fraction of sp³-hybridized carbons (Fsp3) is 0.250. The van der Waals surface area contributed by atoms with Crippen LogP contribution < -0.4 is 10.5 Å². The number of nitrogens with one attached hydrogen (secondary N) is 1. The maximum Gasteiger partial charge on any atom is 0.264 e. The van der Waals surface area contributed by atoms with E-state index in [2.05, 4.69) is 19.9 Å². The fourth-order valence-electron chi connectivity index (χ4n) is 2.89. The van der Waals surface area contributed by atoms with Crippen LogP contribution in [0, 0.1) is 4.64 Å². The summed E-state index contributed by atoms with van der Waals surface area (Å²) in [5, 5.41) is 0.958. The van der Waals surface area contributed by atoms with E-state index in [0.29, 0.717) is 26.6 Å². The maximum absolute atomic E-state index is 12.6. The maximum atomic E-state index is 12.6. The van der Waals surface area contributed by atoms with Crippen molar-refractivity contribution in [1.29, 1.82) is 0 Å². The molecule has 0 amide bonds. The Balaban J connectivity index is 1.89. The van der Waals surface area contributed by atoms with Crippen LogP contribution in [0.15, 0.2) is 35.4 Å². The second kappa shape index (κ2) is 5.99. The highest BCUT2D eigenvalue weighted by molar-refractivity contribution is 7.71. The van der Waals surface area contributed by atoms with Crippen molar-refractivity contribution >= 4 is 40.8 Å². The lowest BCUT2D eigenvalue weighted by Crippen LogP contribution is -2.24. The van der Waals surface area contributed by atoms with E-state index in [1.165, 1.54) is 0 Å². The van der Waals surface area contributed by atoms with Gasteiger partial charge in [-0.2, -0.15) is 4.98 Å². The Morgan fingerprint density at radius 2 is 1.88 bits per heavy atom. The van der Waals surface area contributed by atoms with Crippen LogP contribution in [0.3, 0.4) is 0 Å². The van der Waals surface area contributed by atoms with Gasteiger partial charge in [-0.15, -0.1) is 0 Å². The number of fused-ring (bicyclic) bond motifs is 1. The van der Waals surface area contributed by atoms with Crippen LogP contribution in [0.2, 0.25) is 5.02 Å². The lowest BCUT2D eigenvalue weighted by molar-refractivity contribution is 0.890. The smallest absolute Gasteiger partial charge is 0.264 e. The molecule has 1 fully saturated rings. The van der Waals surface area contributed by atoms with Gasteiger partial charge in [0.25, 0.3) is 5.56 Å². The van der Waals surface area contributed by atoms with Gasteiger partial charge in [0.15, 0.2) is 5.65 Å². The number of aromatic amines is 1. The highest BCUT2D eigenvalue weighted by Crippen LogP contribution is 2.18. The molecule has 3 aromatic rings. The molecule has 0 bridgehead atoms. The average Bonchev–Trinajstić information content (AvgIpc) is 3.10. The highest BCUT2D eigenvalue weighted by Gasteiger charge is 2.17. The molecule has 6 nitrogen and oxygen atoms in total. The summed E-state index contributed by atoms with van der Waals surface area (Å²) in [6.45, 7) is 1.79. The molecular weight excluding hydrogens is 346 g/mol. The van der Waals surface area contributed by atoms with Crippen molar-refractivity contribution in [1.82, 2.24) is 19.5 Å². The predicted molar refractivity (Wildman–Crippen MR) is 96.8 cm³/mol. The third kappa shape index (κ3) is 2.59. The van der Waals surface area contributed by atoms with Crippen molar-refractivity contribution in [3.05, 3.63) is 50.6 Å². The van der Waals surface area contributed by atoms with Crippen molar-refractivity contribution < 1.29 is 0 Å². The second-order valence-corrected chi connectivity index (χ2v) is 6.50. The summed E-state index contributed by atoms with van der Waals surface area (Å²) in [6, 6.07) is 7.18. The summed E-state index contributed by atoms with van der Waals surface area (Å²) in [5.41, 5.74) is 0.903. The number of halogens is 1. The van der Waals surface area contributed by atoms with Crippen molar-refractivity contribution in [3.8, 4) is 5.69 Å². The van der Waals surface area contributed by atoms with Gasteiger partial charge in [0, 0.05) is 23.8 Å². The summed E-state index contributed by atoms with van der Waals surface area (Å²) < 4.78 is 2.06. The van der Waals surface area contributed by atoms with Crippen LogP contribution in [-0.2, 0) is 0 Å². The SMILES string of the molecule is O=c1[nH]c(N2CCCC2)nc2ncn(-c3ccc(Cl)cc3)c(=S)c12. The Morgan fingerprint density at radius 1 is 1.17 bits per heavy atom. The van der Waals surface area contributed by atoms with Crippen molar-refractivity contribution in [2.24, 2.45) is 0 Å². The van der Waals surface area contributed by atoms with Crippen LogP contribution in [0.5, 0.6) is 0 Å². The normalized spacial score (nSPS) is 14.5. The molecule has 0 atom stereocenters. The van der Waals surface area contributed by atoms with E-state index in [9.17, 15) is 4.79 Å². The number of nitrogens with zero attached hydrogens (tertiary/aromatic N) is 4. The minimum atomic E-state index is -0.261. The number of aromatic nitrogens is 4. The van der Waals surface area contributed by atoms with Crippen LogP contribution in [0.4, 0.5) is 5.95 Å². The number of hydrogen-bond acceptors (Lipinski definition) is 5. The molecule has 1 N–H and O–H groups in total. The summed E-state index contributed by atoms with van der Waals surface area (Å²) in [4.78, 5) is 26.3. The van der Waals surface area contributed by atoms with Gasteiger partial charge < -0.3 is 4.90 Å². The third-order valence-electron chi connectivity index (χ3n) is 4.13. The first-order valence-corrected chi connectivity index (χ1v) is 8.45. The molecule has 1 aliphatic heterocycles. The van der Waals surface area contributed by atoms with E-state index in [1.807, 2.05) is 12.1 Å². The van der Waals surface area contributed by atoms with Gasteiger partial charge in [-0.3, -0.25) is 14.3 Å². The minimum Gasteiger partial charge on any atom is -0.342 e. The molecule has 8 heteroatoms. The third-order valence-corrected chi connectivity index (χ3v) is 4.78. The molecule has 0 saturated carbocycles. The Bertz CT molecular complexity index is 1020. The Morgan fingerprint density at radius 3 is 2.58 bits per heavy atom. The average molecular weight is 360 g/mol. The molecule has 24 heavy (non-hydrogen) atoms. The molecule has 122 valence electrons. The van der Waals surface area contributed by atoms with Gasteiger partial charge in [0.1, 0.15) is 16.4 Å². The van der Waals surface area contributed by atoms with Gasteiger partial charge in [0.05, 0.1) is 0 Å². The number of hydrogen-bond donors (Lipinski definition) is 1. The lowest BCUT2D eigenvalue weighted by Gasteiger charge is -2.16. The van der Waals surface area contributed by atoms with E-state index in [1.54, 1.807) is 23.0 Å². The van der Waals surface area contributed by atoms with E-state index in [0.717, 1.165) is 31.6 Å². The van der Waals surface area contributed by atoms with Crippen molar-refractivity contribution in [2.75, 3.05) is 18.0 Å². The molecule has 1 saturated heterocycles. The molecule has 3 heterocycles. The van der Waals surface area contributed by atoms with Crippen LogP contribution in [0.1, 0.15) is 12.8 Å². The molecule has 1 aliphatic rings. The Kier molecular flexibility index (Phi) is 3.82. The van der Waals surface area contributed by atoms with E-state index >= 15 is 0 Å². The number of benzene rings is 1. The summed E-state index contributed by atoms with van der Waals surface area (Å²) >= 11 is 11.4. The highest BCUT2D eigenvalue weighted by atomic mass is 35.5. The zero-order valence-electron chi connectivity index (χ0n) is 12.7. The first-order valence-electron chi connectivity index (χ1n) is 7.66. The molecule has 1 aromatic carbocycles. The Hall–Kier alpha value is -2.25. The van der Waals surface area contributed by atoms with Crippen LogP contribution >= 0.6 is 23.8 Å². The predicted octanol–water partition coefficient (Wildman–Crippen LogP) is 3.09. The molecule has 4 rings (SSSR count). The van der Waals surface area contributed by atoms with Crippen LogP contribution in [-0.4, -0.2) is 32.6 Å². The molecule has 0 radical (unpaired) electrons. The summed E-state index contributed by atoms with van der Waals surface area (Å²) in [7, 11) is 0. The Labute approximate surface area is 147 Å². The van der Waals surface area contributed by atoms with E-state index in [4.69, 9.17) is 23.8 Å². The molecule has 0 spiro atoms.